The molecule has 152 valence electrons. The van der Waals surface area contributed by atoms with E-state index in [1.54, 1.807) is 27.2 Å². The third-order valence-corrected chi connectivity index (χ3v) is 5.29. The van der Waals surface area contributed by atoms with Crippen molar-refractivity contribution in [3.63, 3.8) is 0 Å². The molecule has 0 saturated heterocycles. The molecule has 2 aromatic heterocycles. The minimum Gasteiger partial charge on any atom is -0.493 e. The molecule has 0 saturated carbocycles. The van der Waals surface area contributed by atoms with Crippen LogP contribution in [0, 0.1) is 12.7 Å². The molecule has 1 atom stereocenters. The molecule has 0 spiro atoms. The average Bonchev–Trinajstić information content (AvgIpc) is 3.09. The fourth-order valence-electron chi connectivity index (χ4n) is 2.69. The van der Waals surface area contributed by atoms with E-state index in [1.165, 1.54) is 23.5 Å². The van der Waals surface area contributed by atoms with Crippen LogP contribution in [-0.2, 0) is 0 Å². The average molecular weight is 416 g/mol. The zero-order valence-electron chi connectivity index (χ0n) is 16.4. The van der Waals surface area contributed by atoms with Crippen LogP contribution in [0.3, 0.4) is 0 Å². The Morgan fingerprint density at radius 3 is 2.59 bits per heavy atom. The smallest absolute Gasteiger partial charge is 0.263 e. The lowest BCUT2D eigenvalue weighted by Crippen LogP contribution is -2.26. The number of hydrogen-bond donors (Lipinski definition) is 2. The number of pyridine rings is 1. The van der Waals surface area contributed by atoms with Gasteiger partial charge in [-0.1, -0.05) is 17.4 Å². The number of hydrogen-bond acceptors (Lipinski definition) is 7. The maximum atomic E-state index is 13.0. The molecule has 0 aliphatic heterocycles. The van der Waals surface area contributed by atoms with E-state index >= 15 is 0 Å². The molecule has 0 aliphatic rings. The molecule has 3 aromatic rings. The number of aryl methyl sites for hydroxylation is 1. The number of anilines is 2. The Hall–Kier alpha value is -3.20. The lowest BCUT2D eigenvalue weighted by Gasteiger charge is -2.16. The van der Waals surface area contributed by atoms with Crippen molar-refractivity contribution in [2.24, 2.45) is 0 Å². The molecular weight excluding hydrogens is 395 g/mol. The van der Waals surface area contributed by atoms with E-state index < -0.39 is 5.82 Å². The SMILES string of the molecule is COc1ccc([C@H](C)NC(=O)c2sc(Nc3ccc(F)cn3)nc2C)cc1OC. The first kappa shape index (κ1) is 20.5. The van der Waals surface area contributed by atoms with Crippen molar-refractivity contribution in [1.82, 2.24) is 15.3 Å². The van der Waals surface area contributed by atoms with Gasteiger partial charge in [0, 0.05) is 0 Å². The van der Waals surface area contributed by atoms with Crippen molar-refractivity contribution in [2.75, 3.05) is 19.5 Å². The molecule has 2 N–H and O–H groups in total. The summed E-state index contributed by atoms with van der Waals surface area (Å²) in [6, 6.07) is 8.06. The van der Waals surface area contributed by atoms with Crippen molar-refractivity contribution in [3.05, 3.63) is 58.5 Å². The summed E-state index contributed by atoms with van der Waals surface area (Å²) >= 11 is 1.20. The monoisotopic (exact) mass is 416 g/mol. The molecule has 1 amide bonds. The highest BCUT2D eigenvalue weighted by Crippen LogP contribution is 2.30. The van der Waals surface area contributed by atoms with E-state index in [1.807, 2.05) is 19.1 Å². The van der Waals surface area contributed by atoms with Crippen LogP contribution in [0.4, 0.5) is 15.3 Å². The van der Waals surface area contributed by atoms with Gasteiger partial charge in [0.05, 0.1) is 32.2 Å². The molecule has 1 aromatic carbocycles. The zero-order valence-corrected chi connectivity index (χ0v) is 17.3. The quantitative estimate of drug-likeness (QED) is 0.599. The minimum atomic E-state index is -0.421. The lowest BCUT2D eigenvalue weighted by atomic mass is 10.1. The number of ether oxygens (including phenoxy) is 2. The van der Waals surface area contributed by atoms with E-state index in [2.05, 4.69) is 20.6 Å². The van der Waals surface area contributed by atoms with Gasteiger partial charge in [-0.2, -0.15) is 0 Å². The van der Waals surface area contributed by atoms with Crippen molar-refractivity contribution in [3.8, 4) is 11.5 Å². The number of nitrogens with one attached hydrogen (secondary N) is 2. The summed E-state index contributed by atoms with van der Waals surface area (Å²) in [5.41, 5.74) is 1.48. The second-order valence-corrected chi connectivity index (χ2v) is 7.23. The highest BCUT2D eigenvalue weighted by Gasteiger charge is 2.19. The maximum Gasteiger partial charge on any atom is 0.263 e. The van der Waals surface area contributed by atoms with Crippen molar-refractivity contribution in [2.45, 2.75) is 19.9 Å². The minimum absolute atomic E-state index is 0.234. The summed E-state index contributed by atoms with van der Waals surface area (Å²) in [5.74, 6) is 1.01. The lowest BCUT2D eigenvalue weighted by molar-refractivity contribution is 0.0943. The van der Waals surface area contributed by atoms with Gasteiger partial charge in [-0.15, -0.1) is 0 Å². The predicted octanol–water partition coefficient (Wildman–Crippen LogP) is 4.24. The fourth-order valence-corrected chi connectivity index (χ4v) is 3.56. The second-order valence-electron chi connectivity index (χ2n) is 6.23. The molecule has 0 fully saturated rings. The van der Waals surface area contributed by atoms with Crippen molar-refractivity contribution in [1.29, 1.82) is 0 Å². The summed E-state index contributed by atoms with van der Waals surface area (Å²) in [6.07, 6.45) is 1.11. The van der Waals surface area contributed by atoms with E-state index in [9.17, 15) is 9.18 Å². The predicted molar refractivity (Wildman–Crippen MR) is 110 cm³/mol. The number of thiazole rings is 1. The Kier molecular flexibility index (Phi) is 6.28. The van der Waals surface area contributed by atoms with E-state index in [4.69, 9.17) is 9.47 Å². The van der Waals surface area contributed by atoms with Gasteiger partial charge in [-0.05, 0) is 43.7 Å². The van der Waals surface area contributed by atoms with Crippen molar-refractivity contribution < 1.29 is 18.7 Å². The number of carbonyl (C=O) groups is 1. The van der Waals surface area contributed by atoms with E-state index in [0.717, 1.165) is 11.8 Å². The van der Waals surface area contributed by atoms with Gasteiger partial charge in [0.1, 0.15) is 16.5 Å². The Labute approximate surface area is 171 Å². The topological polar surface area (TPSA) is 85.4 Å². The van der Waals surface area contributed by atoms with Crippen LogP contribution in [0.2, 0.25) is 0 Å². The van der Waals surface area contributed by atoms with Gasteiger partial charge in [0.25, 0.3) is 5.91 Å². The van der Waals surface area contributed by atoms with Crippen LogP contribution in [0.1, 0.15) is 33.9 Å². The zero-order chi connectivity index (χ0) is 21.0. The van der Waals surface area contributed by atoms with Gasteiger partial charge >= 0.3 is 0 Å². The first-order chi connectivity index (χ1) is 13.9. The number of rotatable bonds is 7. The molecule has 3 rings (SSSR count). The van der Waals surface area contributed by atoms with Crippen LogP contribution >= 0.6 is 11.3 Å². The van der Waals surface area contributed by atoms with Gasteiger partial charge < -0.3 is 20.1 Å². The number of amides is 1. The fraction of sp³-hybridized carbons (Fsp3) is 0.250. The summed E-state index contributed by atoms with van der Waals surface area (Å²) in [6.45, 7) is 3.65. The van der Waals surface area contributed by atoms with Crippen LogP contribution in [0.5, 0.6) is 11.5 Å². The Morgan fingerprint density at radius 1 is 1.17 bits per heavy atom. The normalized spacial score (nSPS) is 11.6. The molecule has 0 radical (unpaired) electrons. The van der Waals surface area contributed by atoms with Gasteiger partial charge in [0.2, 0.25) is 0 Å². The van der Waals surface area contributed by atoms with Crippen LogP contribution in [0.25, 0.3) is 0 Å². The first-order valence-corrected chi connectivity index (χ1v) is 9.61. The summed E-state index contributed by atoms with van der Waals surface area (Å²) in [4.78, 5) is 21.5. The first-order valence-electron chi connectivity index (χ1n) is 8.80. The molecule has 0 aliphatic carbocycles. The molecule has 0 bridgehead atoms. The van der Waals surface area contributed by atoms with E-state index in [-0.39, 0.29) is 11.9 Å². The third kappa shape index (κ3) is 4.80. The number of methoxy groups -OCH3 is 2. The van der Waals surface area contributed by atoms with Crippen LogP contribution < -0.4 is 20.1 Å². The molecule has 29 heavy (non-hydrogen) atoms. The molecule has 7 nitrogen and oxygen atoms in total. The standard InChI is InChI=1S/C20H21FN4O3S/c1-11(13-5-7-15(27-3)16(9-13)28-4)23-19(26)18-12(2)24-20(29-18)25-17-8-6-14(21)10-22-17/h5-11H,1-4H3,(H,23,26)(H,22,24,25)/t11-/m0/s1. The Balaban J connectivity index is 1.72. The summed E-state index contributed by atoms with van der Waals surface area (Å²) < 4.78 is 23.5. The van der Waals surface area contributed by atoms with Crippen LogP contribution in [-0.4, -0.2) is 30.1 Å². The third-order valence-electron chi connectivity index (χ3n) is 4.22. The second kappa shape index (κ2) is 8.87. The maximum absolute atomic E-state index is 13.0. The number of benzene rings is 1. The number of carbonyl (C=O) groups excluding carboxylic acids is 1. The van der Waals surface area contributed by atoms with Gasteiger partial charge in [0.15, 0.2) is 16.6 Å². The van der Waals surface area contributed by atoms with Gasteiger partial charge in [-0.25, -0.2) is 14.4 Å². The highest BCUT2D eigenvalue weighted by molar-refractivity contribution is 7.17. The summed E-state index contributed by atoms with van der Waals surface area (Å²) in [5, 5.41) is 6.45. The van der Waals surface area contributed by atoms with Crippen LogP contribution in [0.15, 0.2) is 36.5 Å². The molecular formula is C20H21FN4O3S. The van der Waals surface area contributed by atoms with E-state index in [0.29, 0.717) is 33.0 Å². The molecule has 0 unspecified atom stereocenters. The highest BCUT2D eigenvalue weighted by atomic mass is 32.1. The molecule has 9 heteroatoms. The Morgan fingerprint density at radius 2 is 1.93 bits per heavy atom. The van der Waals surface area contributed by atoms with Gasteiger partial charge in [-0.3, -0.25) is 4.79 Å². The number of aromatic nitrogens is 2. The molecule has 2 heterocycles. The largest absolute Gasteiger partial charge is 0.493 e. The number of halogens is 1. The summed E-state index contributed by atoms with van der Waals surface area (Å²) in [7, 11) is 3.14. The number of nitrogens with zero attached hydrogens (tertiary/aromatic N) is 2. The Bertz CT molecular complexity index is 1010. The van der Waals surface area contributed by atoms with Crippen molar-refractivity contribution >= 4 is 28.2 Å².